The Morgan fingerprint density at radius 1 is 1.05 bits per heavy atom. The van der Waals surface area contributed by atoms with Crippen molar-refractivity contribution in [2.24, 2.45) is 5.92 Å². The van der Waals surface area contributed by atoms with Crippen LogP contribution in [0.15, 0.2) is 18.2 Å². The van der Waals surface area contributed by atoms with Crippen LogP contribution in [-0.4, -0.2) is 90.3 Å². The molecule has 7 nitrogen and oxygen atoms in total. The van der Waals surface area contributed by atoms with E-state index in [1.807, 2.05) is 41.8 Å². The van der Waals surface area contributed by atoms with Crippen LogP contribution in [0.25, 0.3) is 0 Å². The van der Waals surface area contributed by atoms with Crippen molar-refractivity contribution >= 4 is 12.0 Å². The maximum absolute atomic E-state index is 13.3. The van der Waals surface area contributed by atoms with Gasteiger partial charge in [0.15, 0.2) is 0 Å². The van der Waals surface area contributed by atoms with Gasteiger partial charge in [-0.3, -0.25) is 9.69 Å². The fourth-order valence-electron chi connectivity index (χ4n) is 7.34. The third-order valence-electron chi connectivity index (χ3n) is 9.70. The average molecular weight is 526 g/mol. The van der Waals surface area contributed by atoms with E-state index in [1.54, 1.807) is 0 Å². The summed E-state index contributed by atoms with van der Waals surface area (Å²) < 4.78 is 12.2. The summed E-state index contributed by atoms with van der Waals surface area (Å²) in [5.41, 5.74) is 2.67. The van der Waals surface area contributed by atoms with Gasteiger partial charge in [-0.2, -0.15) is 0 Å². The smallest absolute Gasteiger partial charge is 0.410 e. The molecule has 4 aliphatic heterocycles. The van der Waals surface area contributed by atoms with Crippen molar-refractivity contribution in [3.05, 3.63) is 34.9 Å². The van der Waals surface area contributed by atoms with E-state index in [2.05, 4.69) is 11.8 Å². The molecule has 4 fully saturated rings. The number of likely N-dealkylation sites (tertiary alicyclic amines) is 2. The molecule has 0 aromatic heterocycles. The van der Waals surface area contributed by atoms with E-state index in [-0.39, 0.29) is 23.7 Å². The van der Waals surface area contributed by atoms with Gasteiger partial charge in [0, 0.05) is 69.7 Å². The topological polar surface area (TPSA) is 62.3 Å². The van der Waals surface area contributed by atoms with Crippen molar-refractivity contribution in [2.75, 3.05) is 45.9 Å². The van der Waals surface area contributed by atoms with Crippen LogP contribution in [0.3, 0.4) is 0 Å². The van der Waals surface area contributed by atoms with Gasteiger partial charge in [0.05, 0.1) is 12.6 Å². The highest BCUT2D eigenvalue weighted by Gasteiger charge is 2.50. The van der Waals surface area contributed by atoms with Gasteiger partial charge in [-0.15, -0.1) is 0 Å². The maximum atomic E-state index is 13.3. The zero-order valence-corrected chi connectivity index (χ0v) is 23.8. The van der Waals surface area contributed by atoms with E-state index in [4.69, 9.17) is 9.47 Å². The van der Waals surface area contributed by atoms with Crippen LogP contribution in [0.4, 0.5) is 4.79 Å². The first kappa shape index (κ1) is 27.4. The number of amides is 2. The first-order chi connectivity index (χ1) is 18.4. The van der Waals surface area contributed by atoms with Gasteiger partial charge in [0.25, 0.3) is 5.91 Å². The van der Waals surface area contributed by atoms with Crippen LogP contribution in [0.1, 0.15) is 86.2 Å². The Labute approximate surface area is 228 Å². The van der Waals surface area contributed by atoms with Gasteiger partial charge in [-0.25, -0.2) is 4.79 Å². The lowest BCUT2D eigenvalue weighted by molar-refractivity contribution is -0.129. The molecule has 0 saturated carbocycles. The standard InChI is InChI=1S/C31H47N3O4/c1-4-5-10-25-21-34(22-27-11-7-20-37-27)30(36)38-31(25)14-18-32(19-15-31)26-12-16-33(17-13-26)29(35)28-23(2)8-6-9-24(28)3/h6,8-9,25-27H,4-5,7,10-22H2,1-3H3. The molecule has 0 N–H and O–H groups in total. The van der Waals surface area contributed by atoms with E-state index in [9.17, 15) is 9.59 Å². The van der Waals surface area contributed by atoms with Crippen molar-refractivity contribution in [2.45, 2.75) is 96.3 Å². The van der Waals surface area contributed by atoms with Gasteiger partial charge >= 0.3 is 6.09 Å². The van der Waals surface area contributed by atoms with Crippen LogP contribution in [0, 0.1) is 19.8 Å². The lowest BCUT2D eigenvalue weighted by Crippen LogP contribution is -2.62. The quantitative estimate of drug-likeness (QED) is 0.491. The molecule has 7 heteroatoms. The third-order valence-corrected chi connectivity index (χ3v) is 9.70. The molecule has 5 rings (SSSR count). The second kappa shape index (κ2) is 12.0. The van der Waals surface area contributed by atoms with Crippen molar-refractivity contribution in [3.8, 4) is 0 Å². The molecule has 4 aliphatic rings. The number of piperidine rings is 2. The molecule has 1 aromatic rings. The largest absolute Gasteiger partial charge is 0.442 e. The second-order valence-electron chi connectivity index (χ2n) is 12.1. The Morgan fingerprint density at radius 3 is 2.39 bits per heavy atom. The van der Waals surface area contributed by atoms with E-state index in [1.165, 1.54) is 6.42 Å². The Morgan fingerprint density at radius 2 is 1.76 bits per heavy atom. The summed E-state index contributed by atoms with van der Waals surface area (Å²) in [5.74, 6) is 0.567. The van der Waals surface area contributed by atoms with Gasteiger partial charge < -0.3 is 19.3 Å². The van der Waals surface area contributed by atoms with Gasteiger partial charge in [0.1, 0.15) is 5.60 Å². The normalized spacial score (nSPS) is 26.7. The first-order valence-electron chi connectivity index (χ1n) is 15.1. The lowest BCUT2D eigenvalue weighted by atomic mass is 9.75. The summed E-state index contributed by atoms with van der Waals surface area (Å²) in [5, 5.41) is 0. The highest BCUT2D eigenvalue weighted by molar-refractivity contribution is 5.97. The summed E-state index contributed by atoms with van der Waals surface area (Å²) in [6, 6.07) is 6.59. The van der Waals surface area contributed by atoms with Crippen LogP contribution in [0.5, 0.6) is 0 Å². The SMILES string of the molecule is CCCCC1CN(CC2CCCO2)C(=O)OC12CCN(C1CCN(C(=O)c3c(C)cccc3C)CC1)CC2. The van der Waals surface area contributed by atoms with Crippen molar-refractivity contribution in [1.29, 1.82) is 0 Å². The molecule has 4 heterocycles. The average Bonchev–Trinajstić information content (AvgIpc) is 3.43. The molecule has 210 valence electrons. The van der Waals surface area contributed by atoms with Gasteiger partial charge in [-0.1, -0.05) is 38.0 Å². The Hall–Kier alpha value is -2.12. The number of unbranched alkanes of at least 4 members (excludes halogenated alkanes) is 1. The zero-order chi connectivity index (χ0) is 26.7. The minimum Gasteiger partial charge on any atom is -0.442 e. The molecule has 2 unspecified atom stereocenters. The number of carbonyl (C=O) groups is 2. The molecular weight excluding hydrogens is 478 g/mol. The van der Waals surface area contributed by atoms with E-state index in [0.717, 1.165) is 107 Å². The number of hydrogen-bond donors (Lipinski definition) is 0. The first-order valence-corrected chi connectivity index (χ1v) is 15.1. The predicted octanol–water partition coefficient (Wildman–Crippen LogP) is 5.18. The Kier molecular flexibility index (Phi) is 8.63. The van der Waals surface area contributed by atoms with Crippen LogP contribution in [-0.2, 0) is 9.47 Å². The highest BCUT2D eigenvalue weighted by Crippen LogP contribution is 2.42. The Balaban J connectivity index is 1.16. The molecule has 0 bridgehead atoms. The number of hydrogen-bond acceptors (Lipinski definition) is 5. The Bertz CT molecular complexity index is 955. The monoisotopic (exact) mass is 525 g/mol. The number of benzene rings is 1. The molecule has 1 aromatic carbocycles. The zero-order valence-electron chi connectivity index (χ0n) is 23.8. The van der Waals surface area contributed by atoms with E-state index < -0.39 is 0 Å². The summed E-state index contributed by atoms with van der Waals surface area (Å²) in [7, 11) is 0. The number of nitrogens with zero attached hydrogens (tertiary/aromatic N) is 3. The molecule has 2 atom stereocenters. The molecule has 1 spiro atoms. The van der Waals surface area contributed by atoms with Crippen molar-refractivity contribution < 1.29 is 19.1 Å². The van der Waals surface area contributed by atoms with Crippen LogP contribution < -0.4 is 0 Å². The van der Waals surface area contributed by atoms with Gasteiger partial charge in [0.2, 0.25) is 0 Å². The summed E-state index contributed by atoms with van der Waals surface area (Å²) in [6.07, 6.45) is 9.47. The second-order valence-corrected chi connectivity index (χ2v) is 12.1. The fourth-order valence-corrected chi connectivity index (χ4v) is 7.34. The molecule has 2 amide bonds. The highest BCUT2D eigenvalue weighted by atomic mass is 16.6. The van der Waals surface area contributed by atoms with Crippen molar-refractivity contribution in [3.63, 3.8) is 0 Å². The number of carbonyl (C=O) groups excluding carboxylic acids is 2. The van der Waals surface area contributed by atoms with Crippen molar-refractivity contribution in [1.82, 2.24) is 14.7 Å². The molecular formula is C31H47N3O4. The summed E-state index contributed by atoms with van der Waals surface area (Å²) >= 11 is 0. The molecule has 0 aliphatic carbocycles. The minimum atomic E-state index is -0.325. The molecule has 38 heavy (non-hydrogen) atoms. The van der Waals surface area contributed by atoms with Crippen LogP contribution >= 0.6 is 0 Å². The molecule has 4 saturated heterocycles. The number of rotatable bonds is 7. The summed E-state index contributed by atoms with van der Waals surface area (Å²) in [6.45, 7) is 12.1. The maximum Gasteiger partial charge on any atom is 0.410 e. The summed E-state index contributed by atoms with van der Waals surface area (Å²) in [4.78, 5) is 33.0. The predicted molar refractivity (Wildman–Crippen MR) is 148 cm³/mol. The fraction of sp³-hybridized carbons (Fsp3) is 0.742. The van der Waals surface area contributed by atoms with Crippen LogP contribution in [0.2, 0.25) is 0 Å². The number of aryl methyl sites for hydroxylation is 2. The van der Waals surface area contributed by atoms with E-state index in [0.29, 0.717) is 18.5 Å². The molecule has 0 radical (unpaired) electrons. The minimum absolute atomic E-state index is 0.139. The lowest BCUT2D eigenvalue weighted by Gasteiger charge is -2.52. The number of ether oxygens (including phenoxy) is 2. The van der Waals surface area contributed by atoms with E-state index >= 15 is 0 Å². The third kappa shape index (κ3) is 5.74. The van der Waals surface area contributed by atoms with Gasteiger partial charge in [-0.05, 0) is 57.1 Å².